The van der Waals surface area contributed by atoms with Gasteiger partial charge in [-0.2, -0.15) is 0 Å². The number of ketones is 1. The fourth-order valence-corrected chi connectivity index (χ4v) is 4.52. The average Bonchev–Trinajstić information content (AvgIpc) is 3.10. The standard InChI is InChI=1S/C27H22Cl2FNO4/c1-14(2)19-11-16(8-10-22(19)35-3)25(32)23-24(15-7-9-20(28)21(29)12-15)31(27(34)26(23)33)18-6-4-5-17(30)13-18/h4-14,24,32H,1-3H3/b25-23-. The Bertz CT molecular complexity index is 1370. The van der Waals surface area contributed by atoms with Crippen LogP contribution < -0.4 is 9.64 Å². The average molecular weight is 514 g/mol. The predicted octanol–water partition coefficient (Wildman–Crippen LogP) is 6.89. The zero-order valence-electron chi connectivity index (χ0n) is 19.2. The lowest BCUT2D eigenvalue weighted by molar-refractivity contribution is -0.132. The Morgan fingerprint density at radius 1 is 1.03 bits per heavy atom. The molecule has 1 heterocycles. The molecule has 180 valence electrons. The number of ether oxygens (including phenoxy) is 1. The monoisotopic (exact) mass is 513 g/mol. The Morgan fingerprint density at radius 3 is 2.40 bits per heavy atom. The number of rotatable bonds is 5. The molecule has 1 atom stereocenters. The summed E-state index contributed by atoms with van der Waals surface area (Å²) < 4.78 is 19.5. The molecule has 4 rings (SSSR count). The van der Waals surface area contributed by atoms with E-state index in [0.717, 1.165) is 16.5 Å². The van der Waals surface area contributed by atoms with Gasteiger partial charge in [0.1, 0.15) is 17.3 Å². The molecule has 1 unspecified atom stereocenters. The summed E-state index contributed by atoms with van der Waals surface area (Å²) in [5, 5.41) is 11.9. The van der Waals surface area contributed by atoms with Crippen molar-refractivity contribution in [3.8, 4) is 5.75 Å². The highest BCUT2D eigenvalue weighted by atomic mass is 35.5. The van der Waals surface area contributed by atoms with Gasteiger partial charge < -0.3 is 9.84 Å². The van der Waals surface area contributed by atoms with Gasteiger partial charge in [0.15, 0.2) is 0 Å². The van der Waals surface area contributed by atoms with Gasteiger partial charge >= 0.3 is 0 Å². The van der Waals surface area contributed by atoms with Crippen LogP contribution in [0.15, 0.2) is 66.2 Å². The van der Waals surface area contributed by atoms with Gasteiger partial charge in [0, 0.05) is 11.3 Å². The maximum atomic E-state index is 14.1. The third kappa shape index (κ3) is 4.51. The van der Waals surface area contributed by atoms with Gasteiger partial charge in [0.2, 0.25) is 0 Å². The zero-order chi connectivity index (χ0) is 25.4. The number of carbonyl (C=O) groups excluding carboxylic acids is 2. The van der Waals surface area contributed by atoms with Gasteiger partial charge in [-0.15, -0.1) is 0 Å². The first kappa shape index (κ1) is 24.8. The van der Waals surface area contributed by atoms with E-state index in [1.54, 1.807) is 31.4 Å². The molecule has 1 saturated heterocycles. The van der Waals surface area contributed by atoms with Gasteiger partial charge in [-0.25, -0.2) is 4.39 Å². The van der Waals surface area contributed by atoms with Crippen LogP contribution >= 0.6 is 23.2 Å². The van der Waals surface area contributed by atoms with E-state index in [-0.39, 0.29) is 33.0 Å². The molecule has 1 amide bonds. The lowest BCUT2D eigenvalue weighted by atomic mass is 9.93. The first-order valence-electron chi connectivity index (χ1n) is 10.8. The summed E-state index contributed by atoms with van der Waals surface area (Å²) >= 11 is 12.3. The number of halogens is 3. The largest absolute Gasteiger partial charge is 0.507 e. The molecule has 3 aromatic rings. The van der Waals surface area contributed by atoms with E-state index >= 15 is 0 Å². The van der Waals surface area contributed by atoms with Crippen LogP contribution in [0, 0.1) is 5.82 Å². The molecule has 0 radical (unpaired) electrons. The topological polar surface area (TPSA) is 66.8 Å². The predicted molar refractivity (Wildman–Crippen MR) is 135 cm³/mol. The number of hydrogen-bond donors (Lipinski definition) is 1. The number of aliphatic hydroxyl groups is 1. The van der Waals surface area contributed by atoms with E-state index in [2.05, 4.69) is 0 Å². The summed E-state index contributed by atoms with van der Waals surface area (Å²) in [5.74, 6) is -2.02. The van der Waals surface area contributed by atoms with Crippen molar-refractivity contribution in [2.24, 2.45) is 0 Å². The molecule has 1 aliphatic heterocycles. The van der Waals surface area contributed by atoms with Crippen molar-refractivity contribution in [2.75, 3.05) is 12.0 Å². The highest BCUT2D eigenvalue weighted by Gasteiger charge is 2.47. The molecule has 1 aliphatic rings. The summed E-state index contributed by atoms with van der Waals surface area (Å²) in [6, 6.07) is 14.0. The molecule has 0 spiro atoms. The molecule has 5 nitrogen and oxygen atoms in total. The third-order valence-electron chi connectivity index (χ3n) is 5.92. The SMILES string of the molecule is COc1ccc(/C(O)=C2/C(=O)C(=O)N(c3cccc(F)c3)C2c2ccc(Cl)c(Cl)c2)cc1C(C)C. The van der Waals surface area contributed by atoms with Gasteiger partial charge in [0.25, 0.3) is 11.7 Å². The van der Waals surface area contributed by atoms with Crippen molar-refractivity contribution in [3.63, 3.8) is 0 Å². The molecule has 8 heteroatoms. The van der Waals surface area contributed by atoms with E-state index in [9.17, 15) is 19.1 Å². The summed E-state index contributed by atoms with van der Waals surface area (Å²) in [7, 11) is 1.55. The van der Waals surface area contributed by atoms with E-state index in [1.807, 2.05) is 13.8 Å². The van der Waals surface area contributed by atoms with Crippen LogP contribution in [-0.2, 0) is 9.59 Å². The van der Waals surface area contributed by atoms with Crippen LogP contribution in [0.2, 0.25) is 10.0 Å². The third-order valence-corrected chi connectivity index (χ3v) is 6.65. The van der Waals surface area contributed by atoms with Crippen LogP contribution in [0.3, 0.4) is 0 Å². The second-order valence-electron chi connectivity index (χ2n) is 8.43. The zero-order valence-corrected chi connectivity index (χ0v) is 20.7. The smallest absolute Gasteiger partial charge is 0.300 e. The number of aliphatic hydroxyl groups excluding tert-OH is 1. The summed E-state index contributed by atoms with van der Waals surface area (Å²) in [5.41, 5.74) is 1.62. The van der Waals surface area contributed by atoms with E-state index in [4.69, 9.17) is 27.9 Å². The van der Waals surface area contributed by atoms with Crippen LogP contribution in [0.4, 0.5) is 10.1 Å². The highest BCUT2D eigenvalue weighted by Crippen LogP contribution is 2.44. The Kier molecular flexibility index (Phi) is 6.88. The van der Waals surface area contributed by atoms with E-state index in [0.29, 0.717) is 16.9 Å². The first-order chi connectivity index (χ1) is 16.6. The maximum Gasteiger partial charge on any atom is 0.300 e. The van der Waals surface area contributed by atoms with Gasteiger partial charge in [0.05, 0.1) is 28.8 Å². The molecule has 1 N–H and O–H groups in total. The minimum Gasteiger partial charge on any atom is -0.507 e. The number of amides is 1. The van der Waals surface area contributed by atoms with Crippen molar-refractivity contribution >= 4 is 46.3 Å². The fourth-order valence-electron chi connectivity index (χ4n) is 4.21. The molecule has 0 bridgehead atoms. The molecule has 3 aromatic carbocycles. The van der Waals surface area contributed by atoms with Crippen LogP contribution in [0.1, 0.15) is 42.5 Å². The molecular formula is C27H22Cl2FNO4. The lowest BCUT2D eigenvalue weighted by Crippen LogP contribution is -2.29. The Morgan fingerprint density at radius 2 is 1.77 bits per heavy atom. The summed E-state index contributed by atoms with van der Waals surface area (Å²) in [6.45, 7) is 3.94. The Balaban J connectivity index is 1.97. The number of nitrogens with zero attached hydrogens (tertiary/aromatic N) is 1. The first-order valence-corrected chi connectivity index (χ1v) is 11.6. The Hall–Kier alpha value is -3.35. The van der Waals surface area contributed by atoms with Crippen molar-refractivity contribution in [3.05, 3.63) is 98.8 Å². The minimum absolute atomic E-state index is 0.0678. The molecule has 0 saturated carbocycles. The molecule has 1 fully saturated rings. The quantitative estimate of drug-likeness (QED) is 0.229. The van der Waals surface area contributed by atoms with E-state index in [1.165, 1.54) is 30.3 Å². The van der Waals surface area contributed by atoms with Crippen LogP contribution in [-0.4, -0.2) is 23.9 Å². The van der Waals surface area contributed by atoms with Crippen LogP contribution in [0.5, 0.6) is 5.75 Å². The number of Topliss-reactive ketones (excluding diaryl/α,β-unsaturated/α-hetero) is 1. The molecule has 35 heavy (non-hydrogen) atoms. The van der Waals surface area contributed by atoms with Gasteiger partial charge in [-0.3, -0.25) is 14.5 Å². The second kappa shape index (κ2) is 9.72. The normalized spacial score (nSPS) is 17.3. The highest BCUT2D eigenvalue weighted by molar-refractivity contribution is 6.51. The number of carbonyl (C=O) groups is 2. The van der Waals surface area contributed by atoms with Gasteiger partial charge in [-0.05, 0) is 65.6 Å². The van der Waals surface area contributed by atoms with Crippen molar-refractivity contribution in [1.82, 2.24) is 0 Å². The summed E-state index contributed by atoms with van der Waals surface area (Å²) in [4.78, 5) is 27.6. The lowest BCUT2D eigenvalue weighted by Gasteiger charge is -2.26. The van der Waals surface area contributed by atoms with Crippen molar-refractivity contribution < 1.29 is 23.8 Å². The molecular weight excluding hydrogens is 492 g/mol. The van der Waals surface area contributed by atoms with Crippen LogP contribution in [0.25, 0.3) is 5.76 Å². The maximum absolute atomic E-state index is 14.1. The second-order valence-corrected chi connectivity index (χ2v) is 9.25. The molecule has 0 aliphatic carbocycles. The van der Waals surface area contributed by atoms with Gasteiger partial charge in [-0.1, -0.05) is 49.2 Å². The summed E-state index contributed by atoms with van der Waals surface area (Å²) in [6.07, 6.45) is 0. The fraction of sp³-hybridized carbons (Fsp3) is 0.185. The molecule has 0 aromatic heterocycles. The number of benzene rings is 3. The Labute approximate surface area is 212 Å². The number of methoxy groups -OCH3 is 1. The number of anilines is 1. The number of hydrogen-bond acceptors (Lipinski definition) is 4. The van der Waals surface area contributed by atoms with E-state index < -0.39 is 23.5 Å². The van der Waals surface area contributed by atoms with Crippen molar-refractivity contribution in [2.45, 2.75) is 25.8 Å². The minimum atomic E-state index is -1.06. The van der Waals surface area contributed by atoms with Crippen molar-refractivity contribution in [1.29, 1.82) is 0 Å².